The Morgan fingerprint density at radius 3 is 2.80 bits per heavy atom. The first-order valence-electron chi connectivity index (χ1n) is 6.41. The SMILES string of the molecule is CCOC(=O)c1c(C)sc2nc(-c3ccccc3)cn12. The minimum atomic E-state index is -0.298. The predicted octanol–water partition coefficient (Wildman–Crippen LogP) is 3.55. The zero-order chi connectivity index (χ0) is 14.1. The molecular weight excluding hydrogens is 272 g/mol. The lowest BCUT2D eigenvalue weighted by Gasteiger charge is -2.01. The van der Waals surface area contributed by atoms with Gasteiger partial charge in [-0.15, -0.1) is 11.3 Å². The van der Waals surface area contributed by atoms with Gasteiger partial charge in [-0.3, -0.25) is 4.40 Å². The second kappa shape index (κ2) is 5.09. The van der Waals surface area contributed by atoms with Crippen LogP contribution in [0.15, 0.2) is 36.5 Å². The number of esters is 1. The lowest BCUT2D eigenvalue weighted by molar-refractivity contribution is 0.0518. The van der Waals surface area contributed by atoms with Crippen molar-refractivity contribution in [1.82, 2.24) is 9.38 Å². The van der Waals surface area contributed by atoms with E-state index in [1.807, 2.05) is 47.9 Å². The highest BCUT2D eigenvalue weighted by molar-refractivity contribution is 7.17. The van der Waals surface area contributed by atoms with Crippen molar-refractivity contribution in [2.24, 2.45) is 0 Å². The van der Waals surface area contributed by atoms with Crippen LogP contribution in [-0.4, -0.2) is 22.0 Å². The first-order chi connectivity index (χ1) is 9.70. The Kier molecular flexibility index (Phi) is 3.28. The maximum atomic E-state index is 12.0. The van der Waals surface area contributed by atoms with E-state index in [1.165, 1.54) is 11.3 Å². The molecule has 0 atom stereocenters. The van der Waals surface area contributed by atoms with Crippen molar-refractivity contribution < 1.29 is 9.53 Å². The highest BCUT2D eigenvalue weighted by atomic mass is 32.1. The van der Waals surface area contributed by atoms with Crippen molar-refractivity contribution >= 4 is 22.3 Å². The number of carbonyl (C=O) groups excluding carboxylic acids is 1. The van der Waals surface area contributed by atoms with Crippen LogP contribution in [-0.2, 0) is 4.74 Å². The number of fused-ring (bicyclic) bond motifs is 1. The quantitative estimate of drug-likeness (QED) is 0.692. The van der Waals surface area contributed by atoms with Crippen LogP contribution >= 0.6 is 11.3 Å². The zero-order valence-corrected chi connectivity index (χ0v) is 12.1. The van der Waals surface area contributed by atoms with Crippen molar-refractivity contribution in [3.8, 4) is 11.3 Å². The van der Waals surface area contributed by atoms with E-state index in [0.717, 1.165) is 21.1 Å². The van der Waals surface area contributed by atoms with Gasteiger partial charge in [-0.05, 0) is 13.8 Å². The number of ether oxygens (including phenoxy) is 1. The summed E-state index contributed by atoms with van der Waals surface area (Å²) in [6.45, 7) is 4.09. The molecule has 0 spiro atoms. The number of benzene rings is 1. The first kappa shape index (κ1) is 12.9. The summed E-state index contributed by atoms with van der Waals surface area (Å²) < 4.78 is 6.93. The van der Waals surface area contributed by atoms with Crippen molar-refractivity contribution in [3.05, 3.63) is 47.1 Å². The smallest absolute Gasteiger partial charge is 0.356 e. The fourth-order valence-corrected chi connectivity index (χ4v) is 3.08. The standard InChI is InChI=1S/C15H14N2O2S/c1-3-19-14(18)13-10(2)20-15-16-12(9-17(13)15)11-7-5-4-6-8-11/h4-9H,3H2,1-2H3. The first-order valence-corrected chi connectivity index (χ1v) is 7.23. The van der Waals surface area contributed by atoms with Gasteiger partial charge in [-0.25, -0.2) is 9.78 Å². The summed E-state index contributed by atoms with van der Waals surface area (Å²) in [5.41, 5.74) is 2.47. The van der Waals surface area contributed by atoms with Gasteiger partial charge in [0.2, 0.25) is 0 Å². The predicted molar refractivity (Wildman–Crippen MR) is 79.2 cm³/mol. The second-order valence-corrected chi connectivity index (χ2v) is 5.55. The highest BCUT2D eigenvalue weighted by Crippen LogP contribution is 2.27. The van der Waals surface area contributed by atoms with Crippen molar-refractivity contribution in [3.63, 3.8) is 0 Å². The van der Waals surface area contributed by atoms with Crippen molar-refractivity contribution in [1.29, 1.82) is 0 Å². The molecule has 0 aliphatic rings. The van der Waals surface area contributed by atoms with E-state index in [4.69, 9.17) is 4.74 Å². The molecule has 0 bridgehead atoms. The van der Waals surface area contributed by atoms with Gasteiger partial charge >= 0.3 is 5.97 Å². The number of imidazole rings is 1. The van der Waals surface area contributed by atoms with Crippen LogP contribution in [0.2, 0.25) is 0 Å². The molecule has 20 heavy (non-hydrogen) atoms. The van der Waals surface area contributed by atoms with E-state index in [1.54, 1.807) is 6.92 Å². The molecule has 5 heteroatoms. The van der Waals surface area contributed by atoms with E-state index in [2.05, 4.69) is 4.98 Å². The van der Waals surface area contributed by atoms with Crippen LogP contribution in [0.5, 0.6) is 0 Å². The topological polar surface area (TPSA) is 43.6 Å². The third-order valence-electron chi connectivity index (χ3n) is 3.03. The third kappa shape index (κ3) is 2.10. The normalized spacial score (nSPS) is 10.9. The van der Waals surface area contributed by atoms with Gasteiger partial charge in [0.1, 0.15) is 5.69 Å². The summed E-state index contributed by atoms with van der Waals surface area (Å²) in [5.74, 6) is -0.298. The number of aromatic nitrogens is 2. The molecule has 4 nitrogen and oxygen atoms in total. The molecule has 102 valence electrons. The minimum absolute atomic E-state index is 0.298. The molecule has 0 saturated heterocycles. The van der Waals surface area contributed by atoms with Crippen LogP contribution < -0.4 is 0 Å². The fourth-order valence-electron chi connectivity index (χ4n) is 2.14. The van der Waals surface area contributed by atoms with Crippen molar-refractivity contribution in [2.45, 2.75) is 13.8 Å². The maximum absolute atomic E-state index is 12.0. The number of nitrogens with zero attached hydrogens (tertiary/aromatic N) is 2. The Hall–Kier alpha value is -2.14. The molecule has 1 aromatic carbocycles. The van der Waals surface area contributed by atoms with E-state index in [9.17, 15) is 4.79 Å². The van der Waals surface area contributed by atoms with E-state index in [0.29, 0.717) is 12.3 Å². The third-order valence-corrected chi connectivity index (χ3v) is 4.00. The molecule has 0 unspecified atom stereocenters. The molecule has 0 radical (unpaired) electrons. The molecule has 3 aromatic rings. The second-order valence-electron chi connectivity index (χ2n) is 4.37. The largest absolute Gasteiger partial charge is 0.461 e. The van der Waals surface area contributed by atoms with Crippen LogP contribution in [0.1, 0.15) is 22.3 Å². The highest BCUT2D eigenvalue weighted by Gasteiger charge is 2.19. The number of thiazole rings is 1. The zero-order valence-electron chi connectivity index (χ0n) is 11.3. The van der Waals surface area contributed by atoms with Crippen LogP contribution in [0.25, 0.3) is 16.2 Å². The van der Waals surface area contributed by atoms with Gasteiger partial charge in [0.25, 0.3) is 0 Å². The lowest BCUT2D eigenvalue weighted by atomic mass is 10.2. The van der Waals surface area contributed by atoms with Gasteiger partial charge in [0, 0.05) is 16.6 Å². The minimum Gasteiger partial charge on any atom is -0.461 e. The number of rotatable bonds is 3. The molecular formula is C15H14N2O2S. The van der Waals surface area contributed by atoms with Gasteiger partial charge < -0.3 is 4.74 Å². The van der Waals surface area contributed by atoms with Crippen LogP contribution in [0, 0.1) is 6.92 Å². The average Bonchev–Trinajstić information content (AvgIpc) is 2.96. The van der Waals surface area contributed by atoms with Gasteiger partial charge in [0.15, 0.2) is 4.96 Å². The van der Waals surface area contributed by atoms with Gasteiger partial charge in [0.05, 0.1) is 12.3 Å². The van der Waals surface area contributed by atoms with E-state index < -0.39 is 0 Å². The number of hydrogen-bond donors (Lipinski definition) is 0. The average molecular weight is 286 g/mol. The molecule has 0 aliphatic carbocycles. The summed E-state index contributed by atoms with van der Waals surface area (Å²) in [5, 5.41) is 0. The Morgan fingerprint density at radius 2 is 2.10 bits per heavy atom. The molecule has 0 fully saturated rings. The number of carbonyl (C=O) groups is 1. The molecule has 3 rings (SSSR count). The summed E-state index contributed by atoms with van der Waals surface area (Å²) in [6.07, 6.45) is 1.89. The maximum Gasteiger partial charge on any atom is 0.356 e. The number of hydrogen-bond acceptors (Lipinski definition) is 4. The molecule has 0 N–H and O–H groups in total. The Bertz CT molecular complexity index is 759. The Balaban J connectivity index is 2.11. The number of aryl methyl sites for hydroxylation is 1. The van der Waals surface area contributed by atoms with E-state index in [-0.39, 0.29) is 5.97 Å². The summed E-state index contributed by atoms with van der Waals surface area (Å²) in [6, 6.07) is 9.92. The molecule has 2 heterocycles. The monoisotopic (exact) mass is 286 g/mol. The summed E-state index contributed by atoms with van der Waals surface area (Å²) in [4.78, 5) is 18.3. The Labute approximate surface area is 120 Å². The van der Waals surface area contributed by atoms with Gasteiger partial charge in [-0.2, -0.15) is 0 Å². The van der Waals surface area contributed by atoms with Gasteiger partial charge in [-0.1, -0.05) is 30.3 Å². The van der Waals surface area contributed by atoms with E-state index >= 15 is 0 Å². The lowest BCUT2D eigenvalue weighted by Crippen LogP contribution is -2.08. The Morgan fingerprint density at radius 1 is 1.35 bits per heavy atom. The molecule has 2 aromatic heterocycles. The molecule has 0 amide bonds. The summed E-state index contributed by atoms with van der Waals surface area (Å²) >= 11 is 1.50. The van der Waals surface area contributed by atoms with Crippen LogP contribution in [0.3, 0.4) is 0 Å². The fraction of sp³-hybridized carbons (Fsp3) is 0.200. The van der Waals surface area contributed by atoms with Crippen LogP contribution in [0.4, 0.5) is 0 Å². The molecule has 0 saturated carbocycles. The molecule has 0 aliphatic heterocycles. The van der Waals surface area contributed by atoms with Crippen molar-refractivity contribution in [2.75, 3.05) is 6.61 Å². The summed E-state index contributed by atoms with van der Waals surface area (Å²) in [7, 11) is 0.